The summed E-state index contributed by atoms with van der Waals surface area (Å²) < 4.78 is 0. The van der Waals surface area contributed by atoms with Gasteiger partial charge in [-0.25, -0.2) is 0 Å². The predicted molar refractivity (Wildman–Crippen MR) is 201 cm³/mol. The van der Waals surface area contributed by atoms with E-state index in [2.05, 4.69) is 182 Å². The van der Waals surface area contributed by atoms with Gasteiger partial charge in [0.2, 0.25) is 0 Å². The van der Waals surface area contributed by atoms with Crippen LogP contribution < -0.4 is 44.6 Å². The third-order valence-corrected chi connectivity index (χ3v) is 18.1. The summed E-state index contributed by atoms with van der Waals surface area (Å²) in [6.07, 6.45) is 8.28. The van der Waals surface area contributed by atoms with Gasteiger partial charge in [0, 0.05) is 6.42 Å². The molecule has 0 radical (unpaired) electrons. The fraction of sp³-hybridized carbons (Fsp3) is 0.163. The van der Waals surface area contributed by atoms with E-state index in [9.17, 15) is 0 Å². The van der Waals surface area contributed by atoms with Gasteiger partial charge in [0.05, 0.1) is 62.1 Å². The van der Waals surface area contributed by atoms with Crippen molar-refractivity contribution in [1.82, 2.24) is 0 Å². The summed E-state index contributed by atoms with van der Waals surface area (Å²) in [6.45, 7) is 0. The fourth-order valence-corrected chi connectivity index (χ4v) is 16.1. The monoisotopic (exact) mass is 780 g/mol. The van der Waals surface area contributed by atoms with Crippen molar-refractivity contribution < 1.29 is 34.0 Å². The van der Waals surface area contributed by atoms with E-state index in [0.29, 0.717) is 0 Å². The summed E-state index contributed by atoms with van der Waals surface area (Å²) in [5.74, 6) is 0. The van der Waals surface area contributed by atoms with Crippen molar-refractivity contribution in [2.45, 2.75) is 31.1 Å². The van der Waals surface area contributed by atoms with E-state index in [-0.39, 0.29) is 34.0 Å². The molecule has 0 unspecified atom stereocenters. The Kier molecular flexibility index (Phi) is 14.6. The molecule has 47 heavy (non-hydrogen) atoms. The zero-order valence-corrected chi connectivity index (χ0v) is 31.9. The topological polar surface area (TPSA) is 0 Å². The molecule has 0 spiro atoms. The Morgan fingerprint density at radius 3 is 0.723 bits per heavy atom. The first-order valence-electron chi connectivity index (χ1n) is 16.2. The predicted octanol–water partition coefficient (Wildman–Crippen LogP) is 4.87. The Morgan fingerprint density at radius 1 is 0.277 bits per heavy atom. The number of benzene rings is 6. The lowest BCUT2D eigenvalue weighted by Gasteiger charge is -2.31. The largest absolute Gasteiger partial charge is 1.00 e. The maximum atomic E-state index is 2.42. The lowest BCUT2D eigenvalue weighted by molar-refractivity contribution is -0.00100. The zero-order valence-electron chi connectivity index (χ0n) is 26.9. The van der Waals surface area contributed by atoms with Crippen LogP contribution in [-0.4, -0.2) is 12.3 Å². The minimum atomic E-state index is -1.62. The number of rotatable bonds is 14. The van der Waals surface area contributed by atoms with Crippen molar-refractivity contribution in [3.05, 3.63) is 204 Å². The van der Waals surface area contributed by atoms with Gasteiger partial charge in [-0.05, 0) is 46.5 Å². The Morgan fingerprint density at radius 2 is 0.489 bits per heavy atom. The fourth-order valence-electron chi connectivity index (χ4n) is 6.95. The van der Waals surface area contributed by atoms with Crippen molar-refractivity contribution in [3.8, 4) is 0 Å². The molecule has 0 fully saturated rings. The van der Waals surface area contributed by atoms with Crippen LogP contribution in [0.15, 0.2) is 182 Å². The maximum absolute atomic E-state index is 2.42. The maximum Gasteiger partial charge on any atom is 0.0946 e. The van der Waals surface area contributed by atoms with E-state index in [4.69, 9.17) is 0 Å². The summed E-state index contributed by atoms with van der Waals surface area (Å²) in [5, 5.41) is 3.12. The minimum Gasteiger partial charge on any atom is -1.00 e. The quantitative estimate of drug-likeness (QED) is 0.139. The molecule has 0 aromatic heterocycles. The van der Waals surface area contributed by atoms with Gasteiger partial charge in [-0.15, -0.1) is 0 Å². The molecule has 0 N–H and O–H groups in total. The van der Waals surface area contributed by atoms with E-state index in [0.717, 1.165) is 24.6 Å². The molecule has 0 aliphatic carbocycles. The first kappa shape index (κ1) is 37.0. The van der Waals surface area contributed by atoms with Crippen molar-refractivity contribution in [2.24, 2.45) is 0 Å². The number of hydrogen-bond donors (Lipinski definition) is 0. The van der Waals surface area contributed by atoms with Gasteiger partial charge in [0.25, 0.3) is 0 Å². The number of halogens is 2. The first-order chi connectivity index (χ1) is 22.2. The van der Waals surface area contributed by atoms with Gasteiger partial charge in [0.15, 0.2) is 0 Å². The molecule has 0 aliphatic rings. The molecule has 0 atom stereocenters. The second-order valence-corrected chi connectivity index (χ2v) is 20.1. The minimum absolute atomic E-state index is 0. The lowest BCUT2D eigenvalue weighted by atomic mass is 10.2. The third kappa shape index (κ3) is 10.1. The first-order valence-corrected chi connectivity index (χ1v) is 20.9. The molecular formula is C43H44Br2P2. The molecular weight excluding hydrogens is 738 g/mol. The highest BCUT2D eigenvalue weighted by atomic mass is 79.9. The van der Waals surface area contributed by atoms with Gasteiger partial charge < -0.3 is 34.0 Å². The molecule has 0 saturated heterocycles. The SMILES string of the molecule is [Br-].[Br-].c1ccc(C[P+](CCC[P+](Cc2ccccc2)(Cc2ccccc2)c2ccccc2)(Cc2ccccc2)c2ccccc2)cc1. The molecule has 0 bridgehead atoms. The van der Waals surface area contributed by atoms with Gasteiger partial charge in [-0.1, -0.05) is 158 Å². The van der Waals surface area contributed by atoms with E-state index in [1.807, 2.05) is 0 Å². The second-order valence-electron chi connectivity index (χ2n) is 12.3. The average Bonchev–Trinajstić information content (AvgIpc) is 3.11. The van der Waals surface area contributed by atoms with Crippen LogP contribution in [0.2, 0.25) is 0 Å². The van der Waals surface area contributed by atoms with Crippen LogP contribution in [-0.2, 0) is 24.6 Å². The van der Waals surface area contributed by atoms with E-state index >= 15 is 0 Å². The molecule has 0 nitrogen and oxygen atoms in total. The highest BCUT2D eigenvalue weighted by Gasteiger charge is 2.44. The van der Waals surface area contributed by atoms with E-state index < -0.39 is 14.5 Å². The van der Waals surface area contributed by atoms with Crippen molar-refractivity contribution >= 4 is 25.1 Å². The van der Waals surface area contributed by atoms with E-state index in [1.54, 1.807) is 10.6 Å². The summed E-state index contributed by atoms with van der Waals surface area (Å²) in [5.41, 5.74) is 5.85. The molecule has 0 aliphatic heterocycles. The summed E-state index contributed by atoms with van der Waals surface area (Å²) in [6, 6.07) is 68.1. The van der Waals surface area contributed by atoms with Crippen LogP contribution in [0.3, 0.4) is 0 Å². The molecule has 4 heteroatoms. The van der Waals surface area contributed by atoms with Crippen molar-refractivity contribution in [2.75, 3.05) is 12.3 Å². The summed E-state index contributed by atoms with van der Waals surface area (Å²) in [7, 11) is -3.23. The van der Waals surface area contributed by atoms with Gasteiger partial charge in [-0.2, -0.15) is 0 Å². The molecule has 6 aromatic carbocycles. The standard InChI is InChI=1S/C43H44P2.2BrH/c1-7-20-38(21-8-1)34-44(42-28-15-5-16-29-42,35-39-22-9-2-10-23-39)32-19-33-45(43-30-17-6-18-31-43,36-40-24-11-3-12-25-40)37-41-26-13-4-14-27-41;;/h1-18,20-31H,19,32-37H2;2*1H/q+2;;/p-2. The third-order valence-electron chi connectivity index (χ3n) is 9.09. The molecule has 0 amide bonds. The Balaban J connectivity index is 0.00000250. The smallest absolute Gasteiger partial charge is 0.0946 e. The average molecular weight is 783 g/mol. The van der Waals surface area contributed by atoms with Crippen molar-refractivity contribution in [3.63, 3.8) is 0 Å². The zero-order chi connectivity index (χ0) is 30.6. The van der Waals surface area contributed by atoms with Crippen LogP contribution in [0.5, 0.6) is 0 Å². The van der Waals surface area contributed by atoms with Crippen LogP contribution in [0, 0.1) is 0 Å². The molecule has 240 valence electrons. The second kappa shape index (κ2) is 18.6. The molecule has 6 rings (SSSR count). The lowest BCUT2D eigenvalue weighted by Crippen LogP contribution is -3.00. The van der Waals surface area contributed by atoms with Crippen LogP contribution in [0.4, 0.5) is 0 Å². The Labute approximate surface area is 304 Å². The van der Waals surface area contributed by atoms with Gasteiger partial charge in [0.1, 0.15) is 0 Å². The highest BCUT2D eigenvalue weighted by molar-refractivity contribution is 7.82. The van der Waals surface area contributed by atoms with Crippen LogP contribution >= 0.6 is 14.5 Å². The number of hydrogen-bond acceptors (Lipinski definition) is 0. The van der Waals surface area contributed by atoms with Crippen molar-refractivity contribution in [1.29, 1.82) is 0 Å². The van der Waals surface area contributed by atoms with Gasteiger partial charge in [-0.3, -0.25) is 0 Å². The highest BCUT2D eigenvalue weighted by Crippen LogP contribution is 2.67. The molecule has 0 saturated carbocycles. The molecule has 6 aromatic rings. The van der Waals surface area contributed by atoms with Gasteiger partial charge >= 0.3 is 0 Å². The summed E-state index contributed by atoms with van der Waals surface area (Å²) in [4.78, 5) is 0. The van der Waals surface area contributed by atoms with E-state index in [1.165, 1.54) is 41.0 Å². The summed E-state index contributed by atoms with van der Waals surface area (Å²) >= 11 is 0. The van der Waals surface area contributed by atoms with Crippen LogP contribution in [0.1, 0.15) is 28.7 Å². The molecule has 0 heterocycles. The Bertz CT molecular complexity index is 1490. The Hall–Kier alpha value is -2.86. The normalized spacial score (nSPS) is 11.2. The van der Waals surface area contributed by atoms with Crippen LogP contribution in [0.25, 0.3) is 0 Å².